The summed E-state index contributed by atoms with van der Waals surface area (Å²) in [5.41, 5.74) is 1.21. The number of carbonyl (C=O) groups excluding carboxylic acids is 3. The van der Waals surface area contributed by atoms with Gasteiger partial charge in [0, 0.05) is 50.3 Å². The average Bonchev–Trinajstić information content (AvgIpc) is 3.30. The van der Waals surface area contributed by atoms with Crippen LogP contribution in [0.3, 0.4) is 0 Å². The molecule has 0 bridgehead atoms. The molecule has 11 heteroatoms. The van der Waals surface area contributed by atoms with Gasteiger partial charge in [0.15, 0.2) is 6.61 Å². The van der Waals surface area contributed by atoms with E-state index in [-0.39, 0.29) is 42.0 Å². The third kappa shape index (κ3) is 6.92. The molecule has 3 rings (SSSR count). The van der Waals surface area contributed by atoms with E-state index >= 15 is 0 Å². The molecule has 2 heterocycles. The number of hydrogen-bond acceptors (Lipinski definition) is 6. The largest absolute Gasteiger partial charge is 0.484 e. The van der Waals surface area contributed by atoms with Crippen LogP contribution in [0.25, 0.3) is 5.57 Å². The first kappa shape index (κ1) is 25.0. The van der Waals surface area contributed by atoms with Crippen LogP contribution in [0.1, 0.15) is 36.2 Å². The van der Waals surface area contributed by atoms with Crippen molar-refractivity contribution in [1.82, 2.24) is 20.5 Å². The zero-order chi connectivity index (χ0) is 24.7. The molecule has 0 unspecified atom stereocenters. The highest BCUT2D eigenvalue weighted by atomic mass is 35.5. The van der Waals surface area contributed by atoms with Crippen LogP contribution < -0.4 is 15.4 Å². The van der Waals surface area contributed by atoms with Gasteiger partial charge in [0.05, 0.1) is 11.2 Å². The fraction of sp³-hybridized carbons (Fsp3) is 0.304. The molecule has 0 saturated carbocycles. The van der Waals surface area contributed by atoms with E-state index in [1.165, 1.54) is 25.3 Å². The number of ether oxygens (including phenoxy) is 1. The number of halogens is 2. The van der Waals surface area contributed by atoms with Crippen LogP contribution in [0.2, 0.25) is 5.02 Å². The molecule has 0 saturated heterocycles. The first-order valence-electron chi connectivity index (χ1n) is 10.5. The van der Waals surface area contributed by atoms with E-state index in [4.69, 9.17) is 20.8 Å². The van der Waals surface area contributed by atoms with Gasteiger partial charge in [0.1, 0.15) is 11.6 Å². The van der Waals surface area contributed by atoms with Crippen LogP contribution >= 0.6 is 11.6 Å². The lowest BCUT2D eigenvalue weighted by Gasteiger charge is -2.24. The Morgan fingerprint density at radius 1 is 1.35 bits per heavy atom. The number of nitrogens with one attached hydrogen (secondary N) is 2. The van der Waals surface area contributed by atoms with Crippen molar-refractivity contribution in [3.8, 4) is 5.75 Å². The summed E-state index contributed by atoms with van der Waals surface area (Å²) in [5, 5.41) is 5.18. The predicted molar refractivity (Wildman–Crippen MR) is 122 cm³/mol. The molecule has 1 aromatic carbocycles. The van der Waals surface area contributed by atoms with Crippen molar-refractivity contribution in [3.63, 3.8) is 0 Å². The molecule has 0 aliphatic carbocycles. The van der Waals surface area contributed by atoms with E-state index in [1.54, 1.807) is 4.90 Å². The molecule has 0 spiro atoms. The van der Waals surface area contributed by atoms with Gasteiger partial charge in [-0.05, 0) is 18.6 Å². The summed E-state index contributed by atoms with van der Waals surface area (Å²) in [5.74, 6) is -1.02. The van der Waals surface area contributed by atoms with Crippen molar-refractivity contribution in [1.29, 1.82) is 0 Å². The number of benzene rings is 1. The van der Waals surface area contributed by atoms with Crippen LogP contribution in [-0.4, -0.2) is 53.8 Å². The monoisotopic (exact) mass is 490 g/mol. The first-order valence-corrected chi connectivity index (χ1v) is 10.8. The summed E-state index contributed by atoms with van der Waals surface area (Å²) >= 11 is 5.60. The summed E-state index contributed by atoms with van der Waals surface area (Å²) in [7, 11) is 0. The SMILES string of the molecule is C=C(CCNC(=O)COc1ccc(Cl)c(F)c1)NC(=O)c1cnc(C2=CCN(C(C)=O)CC2)o1. The summed E-state index contributed by atoms with van der Waals surface area (Å²) in [6.07, 6.45) is 4.05. The molecule has 1 aliphatic heterocycles. The molecule has 0 fully saturated rings. The predicted octanol–water partition coefficient (Wildman–Crippen LogP) is 2.93. The Balaban J connectivity index is 1.39. The Kier molecular flexibility index (Phi) is 8.42. The second-order valence-electron chi connectivity index (χ2n) is 7.50. The van der Waals surface area contributed by atoms with Crippen LogP contribution in [0.4, 0.5) is 4.39 Å². The summed E-state index contributed by atoms with van der Waals surface area (Å²) in [6, 6.07) is 3.88. The molecular formula is C23H24ClFN4O5. The van der Waals surface area contributed by atoms with Crippen molar-refractivity contribution >= 4 is 34.9 Å². The zero-order valence-corrected chi connectivity index (χ0v) is 19.3. The highest BCUT2D eigenvalue weighted by Crippen LogP contribution is 2.22. The number of amides is 3. The van der Waals surface area contributed by atoms with E-state index in [2.05, 4.69) is 22.2 Å². The third-order valence-corrected chi connectivity index (χ3v) is 5.27. The quantitative estimate of drug-likeness (QED) is 0.558. The Morgan fingerprint density at radius 3 is 2.82 bits per heavy atom. The lowest BCUT2D eigenvalue weighted by molar-refractivity contribution is -0.128. The molecule has 9 nitrogen and oxygen atoms in total. The number of nitrogens with zero attached hydrogens (tertiary/aromatic N) is 2. The van der Waals surface area contributed by atoms with E-state index in [0.29, 0.717) is 31.1 Å². The molecule has 1 aromatic heterocycles. The molecule has 2 aromatic rings. The maximum atomic E-state index is 13.4. The second-order valence-corrected chi connectivity index (χ2v) is 7.90. The Labute approximate surface area is 200 Å². The maximum absolute atomic E-state index is 13.4. The van der Waals surface area contributed by atoms with Crippen molar-refractivity contribution < 1.29 is 27.9 Å². The third-order valence-electron chi connectivity index (χ3n) is 4.96. The summed E-state index contributed by atoms with van der Waals surface area (Å²) in [6.45, 7) is 6.22. The van der Waals surface area contributed by atoms with Gasteiger partial charge in [0.25, 0.3) is 11.8 Å². The first-order chi connectivity index (χ1) is 16.2. The van der Waals surface area contributed by atoms with Gasteiger partial charge in [-0.15, -0.1) is 0 Å². The van der Waals surface area contributed by atoms with Gasteiger partial charge in [-0.3, -0.25) is 14.4 Å². The van der Waals surface area contributed by atoms with Crippen molar-refractivity contribution in [2.24, 2.45) is 0 Å². The second kappa shape index (κ2) is 11.5. The summed E-state index contributed by atoms with van der Waals surface area (Å²) < 4.78 is 24.1. The Bertz CT molecular complexity index is 1130. The fourth-order valence-electron chi connectivity index (χ4n) is 3.08. The standard InChI is InChI=1S/C23H24ClFN4O5/c1-14(5-8-26-21(31)13-33-17-3-4-18(24)19(25)11-17)28-22(32)20-12-27-23(34-20)16-6-9-29(10-7-16)15(2)30/h3-4,6,11-12H,1,5,7-10,13H2,2H3,(H,26,31)(H,28,32). The van der Waals surface area contributed by atoms with Crippen LogP contribution in [0.5, 0.6) is 5.75 Å². The number of hydrogen-bond donors (Lipinski definition) is 2. The molecule has 3 amide bonds. The van der Waals surface area contributed by atoms with Gasteiger partial charge in [-0.2, -0.15) is 0 Å². The van der Waals surface area contributed by atoms with Crippen molar-refractivity contribution in [3.05, 3.63) is 65.2 Å². The number of aromatic nitrogens is 1. The highest BCUT2D eigenvalue weighted by molar-refractivity contribution is 6.30. The highest BCUT2D eigenvalue weighted by Gasteiger charge is 2.20. The molecule has 2 N–H and O–H groups in total. The maximum Gasteiger partial charge on any atom is 0.292 e. The van der Waals surface area contributed by atoms with E-state index in [1.807, 2.05) is 6.08 Å². The molecular weight excluding hydrogens is 467 g/mol. The average molecular weight is 491 g/mol. The number of rotatable bonds is 9. The van der Waals surface area contributed by atoms with Crippen molar-refractivity contribution in [2.75, 3.05) is 26.2 Å². The molecule has 0 radical (unpaired) electrons. The van der Waals surface area contributed by atoms with Crippen LogP contribution in [-0.2, 0) is 9.59 Å². The normalized spacial score (nSPS) is 13.1. The van der Waals surface area contributed by atoms with Gasteiger partial charge >= 0.3 is 0 Å². The van der Waals surface area contributed by atoms with E-state index < -0.39 is 17.6 Å². The minimum atomic E-state index is -0.638. The lowest BCUT2D eigenvalue weighted by Crippen LogP contribution is -2.32. The number of carbonyl (C=O) groups is 3. The molecule has 0 atom stereocenters. The van der Waals surface area contributed by atoms with Gasteiger partial charge in [-0.1, -0.05) is 24.3 Å². The van der Waals surface area contributed by atoms with Gasteiger partial charge in [0.2, 0.25) is 17.6 Å². The smallest absolute Gasteiger partial charge is 0.292 e. The molecule has 180 valence electrons. The fourth-order valence-corrected chi connectivity index (χ4v) is 3.20. The Hall–Kier alpha value is -3.66. The molecule has 1 aliphatic rings. The summed E-state index contributed by atoms with van der Waals surface area (Å²) in [4.78, 5) is 41.5. The topological polar surface area (TPSA) is 114 Å². The number of oxazole rings is 1. The molecule has 34 heavy (non-hydrogen) atoms. The van der Waals surface area contributed by atoms with Gasteiger partial charge < -0.3 is 24.7 Å². The van der Waals surface area contributed by atoms with Gasteiger partial charge in [-0.25, -0.2) is 9.37 Å². The lowest BCUT2D eigenvalue weighted by atomic mass is 10.1. The van der Waals surface area contributed by atoms with Crippen LogP contribution in [0.15, 0.2) is 47.2 Å². The van der Waals surface area contributed by atoms with E-state index in [0.717, 1.165) is 11.6 Å². The Morgan fingerprint density at radius 2 is 2.15 bits per heavy atom. The van der Waals surface area contributed by atoms with Crippen LogP contribution in [0, 0.1) is 5.82 Å². The zero-order valence-electron chi connectivity index (χ0n) is 18.5. The minimum absolute atomic E-state index is 0.00180. The van der Waals surface area contributed by atoms with E-state index in [9.17, 15) is 18.8 Å². The van der Waals surface area contributed by atoms with Crippen molar-refractivity contribution in [2.45, 2.75) is 19.8 Å². The minimum Gasteiger partial charge on any atom is -0.484 e.